The molecule has 25 heavy (non-hydrogen) atoms. The summed E-state index contributed by atoms with van der Waals surface area (Å²) in [6.45, 7) is 9.28. The van der Waals surface area contributed by atoms with Crippen molar-refractivity contribution in [3.63, 3.8) is 0 Å². The maximum atomic E-state index is 12.4. The van der Waals surface area contributed by atoms with Gasteiger partial charge < -0.3 is 4.74 Å². The molecule has 0 saturated carbocycles. The predicted molar refractivity (Wildman–Crippen MR) is 114 cm³/mol. The Balaban J connectivity index is 0. The summed E-state index contributed by atoms with van der Waals surface area (Å²) in [5.74, 6) is 0.629. The van der Waals surface area contributed by atoms with E-state index >= 15 is 0 Å². The van der Waals surface area contributed by atoms with E-state index in [9.17, 15) is 4.79 Å². The van der Waals surface area contributed by atoms with E-state index < -0.39 is 0 Å². The van der Waals surface area contributed by atoms with Crippen molar-refractivity contribution in [3.05, 3.63) is 0 Å². The van der Waals surface area contributed by atoms with E-state index in [1.165, 1.54) is 77.0 Å². The van der Waals surface area contributed by atoms with Gasteiger partial charge in [0.25, 0.3) is 0 Å². The fraction of sp³-hybridized carbons (Fsp3) is 0.955. The second-order valence-corrected chi connectivity index (χ2v) is 7.83. The summed E-state index contributed by atoms with van der Waals surface area (Å²) in [6, 6.07) is 0. The predicted octanol–water partition coefficient (Wildman–Crippen LogP) is 6.39. The van der Waals surface area contributed by atoms with Crippen molar-refractivity contribution in [2.45, 2.75) is 118 Å². The van der Waals surface area contributed by atoms with Crippen LogP contribution in [0, 0.1) is 11.8 Å². The number of carbonyl (C=O) groups is 1. The zero-order valence-electron chi connectivity index (χ0n) is 17.8. The summed E-state index contributed by atoms with van der Waals surface area (Å²) >= 11 is 0. The molecule has 0 aliphatic rings. The van der Waals surface area contributed by atoms with Gasteiger partial charge in [-0.15, -0.1) is 0 Å². The number of carbonyl (C=O) groups excluding carboxylic acids is 1. The van der Waals surface area contributed by atoms with Crippen molar-refractivity contribution in [2.75, 3.05) is 6.61 Å². The Morgan fingerprint density at radius 3 is 1.52 bits per heavy atom. The molecule has 0 aliphatic heterocycles. The topological polar surface area (TPSA) is 26.3 Å². The molecule has 0 aromatic rings. The minimum absolute atomic E-state index is 0. The number of hydrogen-bond donors (Lipinski definition) is 0. The van der Waals surface area contributed by atoms with Crippen molar-refractivity contribution < 1.29 is 9.53 Å². The Morgan fingerprint density at radius 1 is 0.720 bits per heavy atom. The molecule has 2 radical (unpaired) electrons. The van der Waals surface area contributed by atoms with E-state index in [4.69, 9.17) is 4.74 Å². The first-order valence-electron chi connectivity index (χ1n) is 10.8. The van der Waals surface area contributed by atoms with Gasteiger partial charge in [-0.3, -0.25) is 4.79 Å². The molecule has 3 heteroatoms. The van der Waals surface area contributed by atoms with E-state index in [1.54, 1.807) is 0 Å². The van der Waals surface area contributed by atoms with Gasteiger partial charge in [-0.2, -0.15) is 0 Å². The summed E-state index contributed by atoms with van der Waals surface area (Å²) in [4.78, 5) is 12.4. The fourth-order valence-corrected chi connectivity index (χ4v) is 3.09. The zero-order valence-corrected chi connectivity index (χ0v) is 21.8. The Hall–Kier alpha value is 0.269. The minimum atomic E-state index is 0. The first kappa shape index (κ1) is 27.5. The Labute approximate surface area is 175 Å². The third-order valence-electron chi connectivity index (χ3n) is 4.70. The number of unbranched alkanes of at least 4 members (excludes halogenated alkanes) is 10. The Kier molecular flexibility index (Phi) is 22.6. The Bertz CT molecular complexity index is 263. The van der Waals surface area contributed by atoms with Gasteiger partial charge in [0.15, 0.2) is 0 Å². The summed E-state index contributed by atoms with van der Waals surface area (Å²) in [7, 11) is 0. The van der Waals surface area contributed by atoms with Crippen LogP contribution in [0.15, 0.2) is 0 Å². The number of rotatable bonds is 17. The first-order chi connectivity index (χ1) is 11.6. The standard InChI is InChI=1S/C22H44O2.Sn.2H/c1-5-7-9-11-13-15-17-21(22(23)24-19-20(3)4)18-16-14-12-10-8-6-2;;;/h20-21H,5-19H2,1-4H3;;;. The van der Waals surface area contributed by atoms with Crippen molar-refractivity contribution >= 4 is 29.9 Å². The summed E-state index contributed by atoms with van der Waals surface area (Å²) < 4.78 is 5.52. The monoisotopic (exact) mass is 462 g/mol. The molecule has 0 fully saturated rings. The van der Waals surface area contributed by atoms with Crippen LogP contribution in [0.25, 0.3) is 0 Å². The van der Waals surface area contributed by atoms with E-state index in [0.717, 1.165) is 12.8 Å². The molecule has 0 aromatic heterocycles. The molecule has 0 amide bonds. The molecule has 0 unspecified atom stereocenters. The van der Waals surface area contributed by atoms with Gasteiger partial charge >= 0.3 is 29.9 Å². The average Bonchev–Trinajstić information content (AvgIpc) is 2.56. The van der Waals surface area contributed by atoms with Gasteiger partial charge in [0.1, 0.15) is 0 Å². The zero-order chi connectivity index (χ0) is 18.0. The SMILES string of the molecule is CCCCCCCCC(CCCCCCCC)C(=O)OCC(C)C.[SnH2]. The molecule has 0 aliphatic carbocycles. The van der Waals surface area contributed by atoms with Crippen LogP contribution < -0.4 is 0 Å². The second kappa shape index (κ2) is 20.6. The quantitative estimate of drug-likeness (QED) is 0.143. The molecule has 0 bridgehead atoms. The van der Waals surface area contributed by atoms with Crippen molar-refractivity contribution in [1.29, 1.82) is 0 Å². The van der Waals surface area contributed by atoms with Gasteiger partial charge in [0.2, 0.25) is 0 Å². The van der Waals surface area contributed by atoms with Crippen LogP contribution in [0.3, 0.4) is 0 Å². The van der Waals surface area contributed by atoms with Crippen LogP contribution in [0.4, 0.5) is 0 Å². The van der Waals surface area contributed by atoms with Crippen LogP contribution in [-0.4, -0.2) is 36.5 Å². The van der Waals surface area contributed by atoms with Crippen LogP contribution in [-0.2, 0) is 9.53 Å². The van der Waals surface area contributed by atoms with Crippen LogP contribution >= 0.6 is 0 Å². The van der Waals surface area contributed by atoms with Crippen molar-refractivity contribution in [2.24, 2.45) is 11.8 Å². The molecule has 0 spiro atoms. The van der Waals surface area contributed by atoms with E-state index in [1.807, 2.05) is 0 Å². The molecular formula is C22H46O2Sn. The Morgan fingerprint density at radius 2 is 1.12 bits per heavy atom. The first-order valence-corrected chi connectivity index (χ1v) is 10.8. The molecule has 0 atom stereocenters. The number of esters is 1. The van der Waals surface area contributed by atoms with Crippen molar-refractivity contribution in [3.8, 4) is 0 Å². The third kappa shape index (κ3) is 18.8. The molecule has 0 rings (SSSR count). The fourth-order valence-electron chi connectivity index (χ4n) is 3.09. The van der Waals surface area contributed by atoms with E-state index in [0.29, 0.717) is 12.5 Å². The molecule has 0 aromatic carbocycles. The van der Waals surface area contributed by atoms with Crippen molar-refractivity contribution in [1.82, 2.24) is 0 Å². The van der Waals surface area contributed by atoms with Gasteiger partial charge in [-0.25, -0.2) is 0 Å². The van der Waals surface area contributed by atoms with Crippen LogP contribution in [0.2, 0.25) is 0 Å². The van der Waals surface area contributed by atoms with Gasteiger partial charge in [-0.05, 0) is 18.8 Å². The molecule has 2 nitrogen and oxygen atoms in total. The normalized spacial score (nSPS) is 11.0. The number of hydrogen-bond acceptors (Lipinski definition) is 2. The van der Waals surface area contributed by atoms with E-state index in [-0.39, 0.29) is 35.8 Å². The van der Waals surface area contributed by atoms with Crippen LogP contribution in [0.1, 0.15) is 118 Å². The number of ether oxygens (including phenoxy) is 1. The summed E-state index contributed by atoms with van der Waals surface area (Å²) in [5, 5.41) is 0. The third-order valence-corrected chi connectivity index (χ3v) is 4.70. The molecule has 0 heterocycles. The summed E-state index contributed by atoms with van der Waals surface area (Å²) in [6.07, 6.45) is 17.6. The maximum absolute atomic E-state index is 12.4. The second-order valence-electron chi connectivity index (χ2n) is 7.83. The molecule has 0 N–H and O–H groups in total. The van der Waals surface area contributed by atoms with Gasteiger partial charge in [0, 0.05) is 0 Å². The average molecular weight is 461 g/mol. The molecule has 150 valence electrons. The molecular weight excluding hydrogens is 415 g/mol. The van der Waals surface area contributed by atoms with E-state index in [2.05, 4.69) is 27.7 Å². The molecule has 0 saturated heterocycles. The van der Waals surface area contributed by atoms with Gasteiger partial charge in [0.05, 0.1) is 12.5 Å². The van der Waals surface area contributed by atoms with Gasteiger partial charge in [-0.1, -0.05) is 105 Å². The summed E-state index contributed by atoms with van der Waals surface area (Å²) in [5.41, 5.74) is 0. The van der Waals surface area contributed by atoms with Crippen LogP contribution in [0.5, 0.6) is 0 Å².